The molecule has 3 heteroatoms. The molecular weight excluding hydrogens is 258 g/mol. The van der Waals surface area contributed by atoms with Gasteiger partial charge in [-0.05, 0) is 17.5 Å². The van der Waals surface area contributed by atoms with E-state index in [0.717, 1.165) is 27.8 Å². The van der Waals surface area contributed by atoms with Gasteiger partial charge in [-0.25, -0.2) is 0 Å². The first-order valence-corrected chi connectivity index (χ1v) is 7.16. The normalized spacial score (nSPS) is 11.0. The van der Waals surface area contributed by atoms with Gasteiger partial charge in [-0.1, -0.05) is 62.4 Å². The van der Waals surface area contributed by atoms with Crippen LogP contribution in [0, 0.1) is 0 Å². The first-order chi connectivity index (χ1) is 10.2. The monoisotopic (exact) mass is 277 g/mol. The molecular formula is C18H19N3. The summed E-state index contributed by atoms with van der Waals surface area (Å²) >= 11 is 0. The lowest BCUT2D eigenvalue weighted by Crippen LogP contribution is -2.09. The van der Waals surface area contributed by atoms with Crippen LogP contribution in [0.1, 0.15) is 25.5 Å². The summed E-state index contributed by atoms with van der Waals surface area (Å²) in [6.45, 7) is 4.28. The van der Waals surface area contributed by atoms with Gasteiger partial charge in [-0.3, -0.25) is 10.8 Å². The van der Waals surface area contributed by atoms with Crippen molar-refractivity contribution in [2.75, 3.05) is 5.43 Å². The van der Waals surface area contributed by atoms with E-state index in [1.165, 1.54) is 5.56 Å². The minimum Gasteiger partial charge on any atom is -0.323 e. The Kier molecular flexibility index (Phi) is 3.59. The van der Waals surface area contributed by atoms with E-state index in [-0.39, 0.29) is 0 Å². The van der Waals surface area contributed by atoms with Gasteiger partial charge in [0.2, 0.25) is 0 Å². The highest BCUT2D eigenvalue weighted by atomic mass is 15.2. The Morgan fingerprint density at radius 1 is 1.00 bits per heavy atom. The maximum atomic E-state index is 5.70. The van der Waals surface area contributed by atoms with E-state index < -0.39 is 0 Å². The molecule has 2 aromatic carbocycles. The molecule has 1 aromatic heterocycles. The zero-order chi connectivity index (χ0) is 14.8. The first kappa shape index (κ1) is 13.6. The average molecular weight is 277 g/mol. The van der Waals surface area contributed by atoms with Crippen LogP contribution in [0.25, 0.3) is 22.0 Å². The third kappa shape index (κ3) is 2.48. The molecule has 21 heavy (non-hydrogen) atoms. The molecule has 0 saturated heterocycles. The smallest absolute Gasteiger partial charge is 0.0805 e. The largest absolute Gasteiger partial charge is 0.323 e. The minimum atomic E-state index is 0.352. The number of fused-ring (bicyclic) bond motifs is 1. The summed E-state index contributed by atoms with van der Waals surface area (Å²) in [7, 11) is 0. The highest BCUT2D eigenvalue weighted by molar-refractivity contribution is 6.00. The van der Waals surface area contributed by atoms with Crippen LogP contribution in [-0.2, 0) is 0 Å². The fourth-order valence-corrected chi connectivity index (χ4v) is 2.53. The van der Waals surface area contributed by atoms with Crippen molar-refractivity contribution in [1.29, 1.82) is 0 Å². The van der Waals surface area contributed by atoms with E-state index in [4.69, 9.17) is 10.8 Å². The lowest BCUT2D eigenvalue weighted by atomic mass is 9.99. The van der Waals surface area contributed by atoms with Gasteiger partial charge < -0.3 is 5.43 Å². The number of rotatable bonds is 3. The lowest BCUT2D eigenvalue weighted by Gasteiger charge is -2.14. The van der Waals surface area contributed by atoms with Crippen molar-refractivity contribution in [3.8, 4) is 11.1 Å². The zero-order valence-electron chi connectivity index (χ0n) is 12.3. The first-order valence-electron chi connectivity index (χ1n) is 7.16. The van der Waals surface area contributed by atoms with Crippen molar-refractivity contribution >= 4 is 16.6 Å². The number of nitrogens with zero attached hydrogens (tertiary/aromatic N) is 1. The van der Waals surface area contributed by atoms with Crippen molar-refractivity contribution in [2.45, 2.75) is 19.8 Å². The minimum absolute atomic E-state index is 0.352. The number of anilines is 1. The van der Waals surface area contributed by atoms with Gasteiger partial charge in [0.15, 0.2) is 0 Å². The third-order valence-corrected chi connectivity index (χ3v) is 3.69. The van der Waals surface area contributed by atoms with E-state index in [1.54, 1.807) is 0 Å². The van der Waals surface area contributed by atoms with Gasteiger partial charge in [0.05, 0.1) is 11.2 Å². The van der Waals surface area contributed by atoms with E-state index >= 15 is 0 Å². The number of nitrogens with one attached hydrogen (secondary N) is 1. The number of aromatic nitrogens is 1. The van der Waals surface area contributed by atoms with Crippen molar-refractivity contribution in [3.63, 3.8) is 0 Å². The van der Waals surface area contributed by atoms with Gasteiger partial charge in [0.1, 0.15) is 0 Å². The molecule has 0 amide bonds. The topological polar surface area (TPSA) is 50.9 Å². The van der Waals surface area contributed by atoms with Gasteiger partial charge in [-0.2, -0.15) is 0 Å². The van der Waals surface area contributed by atoms with Gasteiger partial charge in [0.25, 0.3) is 0 Å². The third-order valence-electron chi connectivity index (χ3n) is 3.69. The molecule has 3 aromatic rings. The number of hydrazine groups is 1. The number of benzene rings is 2. The standard InChI is InChI=1S/C18H19N3/c1-12(2)16-11-17(21-19)15-10-6-9-14(18(15)20-16)13-7-4-3-5-8-13/h3-12H,19H2,1-2H3,(H,20,21). The molecule has 0 aliphatic rings. The maximum Gasteiger partial charge on any atom is 0.0805 e. The number of hydrogen-bond donors (Lipinski definition) is 2. The summed E-state index contributed by atoms with van der Waals surface area (Å²) in [4.78, 5) is 4.86. The van der Waals surface area contributed by atoms with Crippen LogP contribution >= 0.6 is 0 Å². The van der Waals surface area contributed by atoms with E-state index in [9.17, 15) is 0 Å². The van der Waals surface area contributed by atoms with Crippen LogP contribution in [0.5, 0.6) is 0 Å². The predicted molar refractivity (Wildman–Crippen MR) is 89.1 cm³/mol. The summed E-state index contributed by atoms with van der Waals surface area (Å²) in [5.41, 5.74) is 8.05. The molecule has 0 atom stereocenters. The second kappa shape index (κ2) is 5.54. The number of nitrogen functional groups attached to an aromatic ring is 1. The van der Waals surface area contributed by atoms with Crippen LogP contribution in [-0.4, -0.2) is 4.98 Å². The summed E-state index contributed by atoms with van der Waals surface area (Å²) < 4.78 is 0. The lowest BCUT2D eigenvalue weighted by molar-refractivity contribution is 0.830. The number of nitrogens with two attached hydrogens (primary N) is 1. The van der Waals surface area contributed by atoms with Crippen molar-refractivity contribution < 1.29 is 0 Å². The highest BCUT2D eigenvalue weighted by Crippen LogP contribution is 2.32. The fourth-order valence-electron chi connectivity index (χ4n) is 2.53. The summed E-state index contributed by atoms with van der Waals surface area (Å²) in [5, 5.41) is 1.04. The number of pyridine rings is 1. The SMILES string of the molecule is CC(C)c1cc(NN)c2cccc(-c3ccccc3)c2n1. The Labute approximate surface area is 124 Å². The maximum absolute atomic E-state index is 5.70. The van der Waals surface area contributed by atoms with Crippen molar-refractivity contribution in [2.24, 2.45) is 5.84 Å². The van der Waals surface area contributed by atoms with Gasteiger partial charge in [-0.15, -0.1) is 0 Å². The Morgan fingerprint density at radius 2 is 1.76 bits per heavy atom. The highest BCUT2D eigenvalue weighted by Gasteiger charge is 2.11. The van der Waals surface area contributed by atoms with Crippen LogP contribution in [0.4, 0.5) is 5.69 Å². The van der Waals surface area contributed by atoms with Crippen molar-refractivity contribution in [3.05, 3.63) is 60.3 Å². The fraction of sp³-hybridized carbons (Fsp3) is 0.167. The van der Waals surface area contributed by atoms with E-state index in [1.807, 2.05) is 36.4 Å². The van der Waals surface area contributed by atoms with Crippen LogP contribution < -0.4 is 11.3 Å². The summed E-state index contributed by atoms with van der Waals surface area (Å²) in [5.74, 6) is 6.05. The second-order valence-electron chi connectivity index (χ2n) is 5.46. The number of para-hydroxylation sites is 1. The molecule has 0 spiro atoms. The molecule has 0 aliphatic carbocycles. The van der Waals surface area contributed by atoms with Crippen LogP contribution in [0.15, 0.2) is 54.6 Å². The van der Waals surface area contributed by atoms with Crippen LogP contribution in [0.2, 0.25) is 0 Å². The number of hydrogen-bond acceptors (Lipinski definition) is 3. The molecule has 1 heterocycles. The van der Waals surface area contributed by atoms with E-state index in [2.05, 4.69) is 37.5 Å². The average Bonchev–Trinajstić information content (AvgIpc) is 2.53. The molecule has 0 aliphatic heterocycles. The Morgan fingerprint density at radius 3 is 2.43 bits per heavy atom. The molecule has 0 radical (unpaired) electrons. The molecule has 3 nitrogen and oxygen atoms in total. The van der Waals surface area contributed by atoms with Crippen molar-refractivity contribution in [1.82, 2.24) is 4.98 Å². The molecule has 3 N–H and O–H groups in total. The Balaban J connectivity index is 2.34. The predicted octanol–water partition coefficient (Wildman–Crippen LogP) is 4.31. The molecule has 0 unspecified atom stereocenters. The molecule has 0 bridgehead atoms. The summed E-state index contributed by atoms with van der Waals surface area (Å²) in [6.07, 6.45) is 0. The van der Waals surface area contributed by atoms with Crippen LogP contribution in [0.3, 0.4) is 0 Å². The molecule has 106 valence electrons. The molecule has 0 saturated carbocycles. The quantitative estimate of drug-likeness (QED) is 0.554. The Bertz CT molecular complexity index is 764. The molecule has 3 rings (SSSR count). The second-order valence-corrected chi connectivity index (χ2v) is 5.46. The zero-order valence-corrected chi connectivity index (χ0v) is 12.3. The summed E-state index contributed by atoms with van der Waals surface area (Å²) in [6, 6.07) is 18.6. The molecule has 0 fully saturated rings. The van der Waals surface area contributed by atoms with Gasteiger partial charge >= 0.3 is 0 Å². The van der Waals surface area contributed by atoms with E-state index in [0.29, 0.717) is 5.92 Å². The Hall–Kier alpha value is -2.39. The van der Waals surface area contributed by atoms with Gasteiger partial charge in [0, 0.05) is 16.6 Å².